The van der Waals surface area contributed by atoms with Crippen molar-refractivity contribution < 1.29 is 9.47 Å². The molecule has 0 amide bonds. The number of ether oxygens (including phenoxy) is 2. The van der Waals surface area contributed by atoms with Crippen LogP contribution in [0.25, 0.3) is 11.3 Å². The van der Waals surface area contributed by atoms with E-state index in [0.29, 0.717) is 22.5 Å². The molecular formula is C20H18Br2N4O2S. The van der Waals surface area contributed by atoms with Crippen molar-refractivity contribution in [1.82, 2.24) is 15.2 Å². The molecule has 0 radical (unpaired) electrons. The van der Waals surface area contributed by atoms with Crippen molar-refractivity contribution in [3.63, 3.8) is 0 Å². The van der Waals surface area contributed by atoms with Crippen LogP contribution in [0.5, 0.6) is 11.6 Å². The molecule has 0 spiro atoms. The number of nitrogens with one attached hydrogen (secondary N) is 1. The zero-order valence-electron chi connectivity index (χ0n) is 15.8. The maximum absolute atomic E-state index is 6.34. The topological polar surface area (TPSA) is 69.2 Å². The standard InChI is InChI=1S/C20H18Br2N4O2S/c1-3-8-29-20-24-19-16(25-26-20)12-6-4-5-7-15(12)23-18(28-19)13-9-11(21)10-14(22)17(13)27-2/h4-7,9-10,18,23H,3,8H2,1-2H3/t18-/m1/s1. The molecule has 4 rings (SSSR count). The molecule has 3 aromatic rings. The Morgan fingerprint density at radius 3 is 2.83 bits per heavy atom. The van der Waals surface area contributed by atoms with Crippen molar-refractivity contribution in [2.24, 2.45) is 0 Å². The van der Waals surface area contributed by atoms with Gasteiger partial charge < -0.3 is 14.8 Å². The van der Waals surface area contributed by atoms with Gasteiger partial charge >= 0.3 is 0 Å². The summed E-state index contributed by atoms with van der Waals surface area (Å²) in [5, 5.41) is 12.8. The van der Waals surface area contributed by atoms with Gasteiger partial charge in [0.2, 0.25) is 17.3 Å². The van der Waals surface area contributed by atoms with E-state index in [9.17, 15) is 0 Å². The van der Waals surface area contributed by atoms with E-state index in [1.54, 1.807) is 18.9 Å². The number of benzene rings is 2. The zero-order valence-corrected chi connectivity index (χ0v) is 19.8. The highest BCUT2D eigenvalue weighted by atomic mass is 79.9. The highest BCUT2D eigenvalue weighted by Gasteiger charge is 2.28. The molecule has 29 heavy (non-hydrogen) atoms. The van der Waals surface area contributed by atoms with Crippen LogP contribution in [0.1, 0.15) is 25.1 Å². The maximum Gasteiger partial charge on any atom is 0.247 e. The number of rotatable bonds is 5. The summed E-state index contributed by atoms with van der Waals surface area (Å²) in [5.74, 6) is 2.05. The lowest BCUT2D eigenvalue weighted by Gasteiger charge is -2.22. The number of fused-ring (bicyclic) bond motifs is 3. The first-order valence-electron chi connectivity index (χ1n) is 9.03. The van der Waals surface area contributed by atoms with Gasteiger partial charge in [0.25, 0.3) is 0 Å². The molecular weight excluding hydrogens is 520 g/mol. The lowest BCUT2D eigenvalue weighted by Crippen LogP contribution is -2.18. The van der Waals surface area contributed by atoms with Gasteiger partial charge in [-0.3, -0.25) is 0 Å². The molecule has 2 aromatic carbocycles. The van der Waals surface area contributed by atoms with Crippen molar-refractivity contribution >= 4 is 49.3 Å². The highest BCUT2D eigenvalue weighted by Crippen LogP contribution is 2.43. The lowest BCUT2D eigenvalue weighted by atomic mass is 10.1. The van der Waals surface area contributed by atoms with Crippen LogP contribution in [0.4, 0.5) is 5.69 Å². The van der Waals surface area contributed by atoms with Crippen LogP contribution in [0.2, 0.25) is 0 Å². The quantitative estimate of drug-likeness (QED) is 0.395. The summed E-state index contributed by atoms with van der Waals surface area (Å²) < 4.78 is 13.7. The Balaban J connectivity index is 1.84. The number of methoxy groups -OCH3 is 1. The van der Waals surface area contributed by atoms with Crippen LogP contribution in [-0.2, 0) is 0 Å². The smallest absolute Gasteiger partial charge is 0.247 e. The molecule has 0 aliphatic carbocycles. The average molecular weight is 538 g/mol. The lowest BCUT2D eigenvalue weighted by molar-refractivity contribution is 0.219. The van der Waals surface area contributed by atoms with Gasteiger partial charge in [-0.2, -0.15) is 4.98 Å². The van der Waals surface area contributed by atoms with E-state index >= 15 is 0 Å². The first kappa shape index (κ1) is 20.4. The van der Waals surface area contributed by atoms with Crippen LogP contribution in [0, 0.1) is 0 Å². The van der Waals surface area contributed by atoms with Crippen molar-refractivity contribution in [2.75, 3.05) is 18.2 Å². The Morgan fingerprint density at radius 2 is 2.03 bits per heavy atom. The minimum absolute atomic E-state index is 0.444. The monoisotopic (exact) mass is 536 g/mol. The van der Waals surface area contributed by atoms with Crippen molar-refractivity contribution in [3.8, 4) is 22.9 Å². The summed E-state index contributed by atoms with van der Waals surface area (Å²) in [6.45, 7) is 2.12. The minimum Gasteiger partial charge on any atom is -0.495 e. The molecule has 1 N–H and O–H groups in total. The molecule has 0 unspecified atom stereocenters. The Kier molecular flexibility index (Phi) is 6.26. The van der Waals surface area contributed by atoms with E-state index in [4.69, 9.17) is 9.47 Å². The largest absolute Gasteiger partial charge is 0.495 e. The second-order valence-corrected chi connectivity index (χ2v) is 9.13. The van der Waals surface area contributed by atoms with Crippen LogP contribution in [0.15, 0.2) is 50.5 Å². The van der Waals surface area contributed by atoms with Gasteiger partial charge in [0, 0.05) is 21.5 Å². The fourth-order valence-electron chi connectivity index (χ4n) is 3.03. The SMILES string of the molecule is CCCSc1nnc2c(n1)O[C@H](c1cc(Br)cc(Br)c1OC)Nc1ccccc1-2. The average Bonchev–Trinajstić information content (AvgIpc) is 2.88. The summed E-state index contributed by atoms with van der Waals surface area (Å²) >= 11 is 8.69. The van der Waals surface area contributed by atoms with Crippen LogP contribution in [-0.4, -0.2) is 28.0 Å². The Bertz CT molecular complexity index is 1050. The third kappa shape index (κ3) is 4.22. The van der Waals surface area contributed by atoms with E-state index in [0.717, 1.165) is 37.9 Å². The van der Waals surface area contributed by atoms with Crippen LogP contribution >= 0.6 is 43.6 Å². The van der Waals surface area contributed by atoms with Crippen molar-refractivity contribution in [1.29, 1.82) is 0 Å². The van der Waals surface area contributed by atoms with Gasteiger partial charge in [0.05, 0.1) is 17.1 Å². The molecule has 1 atom stereocenters. The van der Waals surface area contributed by atoms with Gasteiger partial charge in [-0.25, -0.2) is 0 Å². The molecule has 0 saturated carbocycles. The van der Waals surface area contributed by atoms with Crippen molar-refractivity contribution in [3.05, 3.63) is 50.9 Å². The van der Waals surface area contributed by atoms with E-state index in [2.05, 4.69) is 59.3 Å². The van der Waals surface area contributed by atoms with Gasteiger partial charge in [0.1, 0.15) is 5.75 Å². The van der Waals surface area contributed by atoms with Gasteiger partial charge in [0.15, 0.2) is 5.69 Å². The Morgan fingerprint density at radius 1 is 1.21 bits per heavy atom. The molecule has 6 nitrogen and oxygen atoms in total. The second kappa shape index (κ2) is 8.89. The summed E-state index contributed by atoms with van der Waals surface area (Å²) in [6.07, 6.45) is 0.504. The van der Waals surface area contributed by atoms with E-state index in [1.165, 1.54) is 0 Å². The highest BCUT2D eigenvalue weighted by molar-refractivity contribution is 9.11. The summed E-state index contributed by atoms with van der Waals surface area (Å²) in [6, 6.07) is 11.8. The molecule has 9 heteroatoms. The number of aromatic nitrogens is 3. The summed E-state index contributed by atoms with van der Waals surface area (Å²) in [7, 11) is 1.64. The number of para-hydroxylation sites is 1. The second-order valence-electron chi connectivity index (χ2n) is 6.29. The van der Waals surface area contributed by atoms with Crippen LogP contribution in [0.3, 0.4) is 0 Å². The third-order valence-corrected chi connectivity index (χ3v) is 6.38. The van der Waals surface area contributed by atoms with E-state index < -0.39 is 6.23 Å². The molecule has 0 fully saturated rings. The maximum atomic E-state index is 6.34. The molecule has 1 aliphatic heterocycles. The molecule has 0 saturated heterocycles. The fraction of sp³-hybridized carbons (Fsp3) is 0.250. The number of halogens is 2. The molecule has 150 valence electrons. The predicted octanol–water partition coefficient (Wildman–Crippen LogP) is 6.08. The Hall–Kier alpha value is -1.84. The van der Waals surface area contributed by atoms with Crippen molar-refractivity contribution in [2.45, 2.75) is 24.7 Å². The summed E-state index contributed by atoms with van der Waals surface area (Å²) in [4.78, 5) is 4.65. The number of thioether (sulfide) groups is 1. The number of hydrogen-bond donors (Lipinski definition) is 1. The normalized spacial score (nSPS) is 14.8. The fourth-order valence-corrected chi connectivity index (χ4v) is 5.09. The summed E-state index contributed by atoms with van der Waals surface area (Å²) in [5.41, 5.74) is 3.23. The molecule has 1 aliphatic rings. The van der Waals surface area contributed by atoms with Gasteiger partial charge in [-0.1, -0.05) is 52.8 Å². The first-order chi connectivity index (χ1) is 14.1. The minimum atomic E-state index is -0.526. The van der Waals surface area contributed by atoms with Gasteiger partial charge in [-0.15, -0.1) is 10.2 Å². The first-order valence-corrected chi connectivity index (χ1v) is 11.6. The number of anilines is 1. The molecule has 2 heterocycles. The van der Waals surface area contributed by atoms with E-state index in [-0.39, 0.29) is 0 Å². The third-order valence-electron chi connectivity index (χ3n) is 4.29. The molecule has 1 aromatic heterocycles. The Labute approximate surface area is 190 Å². The van der Waals surface area contributed by atoms with Gasteiger partial charge in [-0.05, 0) is 40.5 Å². The number of hydrogen-bond acceptors (Lipinski definition) is 7. The molecule has 0 bridgehead atoms. The van der Waals surface area contributed by atoms with E-state index in [1.807, 2.05) is 36.4 Å². The number of nitrogens with zero attached hydrogens (tertiary/aromatic N) is 3. The zero-order chi connectivity index (χ0) is 20.4. The predicted molar refractivity (Wildman–Crippen MR) is 122 cm³/mol. The van der Waals surface area contributed by atoms with Crippen LogP contribution < -0.4 is 14.8 Å².